The van der Waals surface area contributed by atoms with Gasteiger partial charge < -0.3 is 20.5 Å². The number of halogens is 1. The Labute approximate surface area is 128 Å². The lowest BCUT2D eigenvalue weighted by Gasteiger charge is -2.18. The molecule has 0 saturated carbocycles. The zero-order valence-corrected chi connectivity index (χ0v) is 12.8. The van der Waals surface area contributed by atoms with Crippen LogP contribution in [0.3, 0.4) is 0 Å². The van der Waals surface area contributed by atoms with Crippen molar-refractivity contribution in [1.82, 2.24) is 9.97 Å². The monoisotopic (exact) mass is 308 g/mol. The van der Waals surface area contributed by atoms with E-state index in [4.69, 9.17) is 26.8 Å². The zero-order chi connectivity index (χ0) is 15.4. The van der Waals surface area contributed by atoms with Gasteiger partial charge >= 0.3 is 0 Å². The van der Waals surface area contributed by atoms with Crippen molar-refractivity contribution < 1.29 is 9.47 Å². The lowest BCUT2D eigenvalue weighted by Crippen LogP contribution is -2.10. The standard InChI is InChI=1S/C14H17ClN4O2/c1-8(19-14-12(16)13(15)17-7-18-14)9-4-5-10(20-2)11(6-9)21-3/h4-8H,16H2,1-3H3,(H,17,18,19). The Morgan fingerprint density at radius 1 is 1.19 bits per heavy atom. The molecule has 7 heteroatoms. The van der Waals surface area contributed by atoms with E-state index in [2.05, 4.69) is 15.3 Å². The summed E-state index contributed by atoms with van der Waals surface area (Å²) in [6, 6.07) is 5.65. The number of hydrogen-bond donors (Lipinski definition) is 2. The van der Waals surface area contributed by atoms with Gasteiger partial charge in [0.25, 0.3) is 0 Å². The normalized spacial score (nSPS) is 11.8. The van der Waals surface area contributed by atoms with Gasteiger partial charge in [-0.2, -0.15) is 0 Å². The Morgan fingerprint density at radius 3 is 2.57 bits per heavy atom. The molecule has 0 radical (unpaired) electrons. The smallest absolute Gasteiger partial charge is 0.161 e. The fraction of sp³-hybridized carbons (Fsp3) is 0.286. The number of nitrogens with two attached hydrogens (primary N) is 1. The van der Waals surface area contributed by atoms with Gasteiger partial charge in [0.1, 0.15) is 12.0 Å². The van der Waals surface area contributed by atoms with Crippen LogP contribution in [0.1, 0.15) is 18.5 Å². The molecule has 0 fully saturated rings. The molecule has 0 bridgehead atoms. The van der Waals surface area contributed by atoms with Crippen molar-refractivity contribution in [1.29, 1.82) is 0 Å². The first-order chi connectivity index (χ1) is 10.1. The first-order valence-corrected chi connectivity index (χ1v) is 6.69. The van der Waals surface area contributed by atoms with Gasteiger partial charge in [0, 0.05) is 0 Å². The molecule has 2 aromatic rings. The van der Waals surface area contributed by atoms with E-state index in [9.17, 15) is 0 Å². The van der Waals surface area contributed by atoms with Crippen molar-refractivity contribution in [3.63, 3.8) is 0 Å². The summed E-state index contributed by atoms with van der Waals surface area (Å²) in [5, 5.41) is 3.43. The highest BCUT2D eigenvalue weighted by Gasteiger charge is 2.13. The van der Waals surface area contributed by atoms with Gasteiger partial charge in [0.2, 0.25) is 0 Å². The Bertz CT molecular complexity index is 636. The van der Waals surface area contributed by atoms with Gasteiger partial charge in [-0.15, -0.1) is 0 Å². The summed E-state index contributed by atoms with van der Waals surface area (Å²) < 4.78 is 10.5. The second kappa shape index (κ2) is 6.49. The van der Waals surface area contributed by atoms with Crippen LogP contribution in [0, 0.1) is 0 Å². The average molecular weight is 309 g/mol. The number of nitrogens with zero attached hydrogens (tertiary/aromatic N) is 2. The first-order valence-electron chi connectivity index (χ1n) is 6.31. The van der Waals surface area contributed by atoms with E-state index >= 15 is 0 Å². The molecule has 21 heavy (non-hydrogen) atoms. The number of nitrogens with one attached hydrogen (secondary N) is 1. The van der Waals surface area contributed by atoms with Crippen molar-refractivity contribution in [3.8, 4) is 11.5 Å². The van der Waals surface area contributed by atoms with Crippen LogP contribution < -0.4 is 20.5 Å². The molecule has 3 N–H and O–H groups in total. The largest absolute Gasteiger partial charge is 0.493 e. The molecule has 1 heterocycles. The molecule has 0 amide bonds. The number of anilines is 2. The summed E-state index contributed by atoms with van der Waals surface area (Å²) >= 11 is 5.88. The predicted octanol–water partition coefficient (Wildman–Crippen LogP) is 2.90. The summed E-state index contributed by atoms with van der Waals surface area (Å²) in [7, 11) is 3.20. The topological polar surface area (TPSA) is 82.3 Å². The van der Waals surface area contributed by atoms with Crippen LogP contribution in [0.2, 0.25) is 5.15 Å². The molecule has 0 saturated heterocycles. The van der Waals surface area contributed by atoms with E-state index in [-0.39, 0.29) is 11.2 Å². The van der Waals surface area contributed by atoms with Crippen molar-refractivity contribution in [2.75, 3.05) is 25.3 Å². The van der Waals surface area contributed by atoms with Gasteiger partial charge in [-0.25, -0.2) is 9.97 Å². The third-order valence-corrected chi connectivity index (χ3v) is 3.40. The number of aromatic nitrogens is 2. The molecule has 0 aliphatic carbocycles. The Hall–Kier alpha value is -2.21. The SMILES string of the molecule is COc1ccc(C(C)Nc2ncnc(Cl)c2N)cc1OC. The predicted molar refractivity (Wildman–Crippen MR) is 83.0 cm³/mol. The summed E-state index contributed by atoms with van der Waals surface area (Å²) in [4.78, 5) is 7.92. The fourth-order valence-electron chi connectivity index (χ4n) is 1.90. The summed E-state index contributed by atoms with van der Waals surface area (Å²) in [6.45, 7) is 1.98. The Morgan fingerprint density at radius 2 is 1.90 bits per heavy atom. The van der Waals surface area contributed by atoms with Crippen LogP contribution >= 0.6 is 11.6 Å². The molecule has 1 atom stereocenters. The molecule has 2 rings (SSSR count). The number of hydrogen-bond acceptors (Lipinski definition) is 6. The molecule has 6 nitrogen and oxygen atoms in total. The van der Waals surface area contributed by atoms with Crippen LogP contribution in [-0.2, 0) is 0 Å². The maximum atomic E-state index is 5.88. The fourth-order valence-corrected chi connectivity index (χ4v) is 2.03. The van der Waals surface area contributed by atoms with E-state index in [0.717, 1.165) is 5.56 Å². The Balaban J connectivity index is 2.24. The van der Waals surface area contributed by atoms with E-state index in [1.54, 1.807) is 14.2 Å². The summed E-state index contributed by atoms with van der Waals surface area (Å²) in [5.41, 5.74) is 7.17. The van der Waals surface area contributed by atoms with Crippen LogP contribution in [0.25, 0.3) is 0 Å². The van der Waals surface area contributed by atoms with Gasteiger partial charge in [0.05, 0.1) is 20.3 Å². The van der Waals surface area contributed by atoms with Gasteiger partial charge in [-0.05, 0) is 24.6 Å². The summed E-state index contributed by atoms with van der Waals surface area (Å²) in [6.07, 6.45) is 1.36. The third-order valence-electron chi connectivity index (χ3n) is 3.10. The molecule has 0 spiro atoms. The molecule has 1 aromatic carbocycles. The summed E-state index contributed by atoms with van der Waals surface area (Å²) in [5.74, 6) is 1.84. The molecule has 1 unspecified atom stereocenters. The molecule has 1 aromatic heterocycles. The van der Waals surface area contributed by atoms with Crippen molar-refractivity contribution in [2.24, 2.45) is 0 Å². The van der Waals surface area contributed by atoms with E-state index in [0.29, 0.717) is 23.0 Å². The second-order valence-corrected chi connectivity index (χ2v) is 4.77. The number of nitrogen functional groups attached to an aromatic ring is 1. The highest BCUT2D eigenvalue weighted by molar-refractivity contribution is 6.32. The number of rotatable bonds is 5. The van der Waals surface area contributed by atoms with Crippen molar-refractivity contribution in [3.05, 3.63) is 35.2 Å². The minimum atomic E-state index is -0.0435. The number of benzene rings is 1. The Kier molecular flexibility index (Phi) is 4.70. The van der Waals surface area contributed by atoms with Crippen LogP contribution in [0.5, 0.6) is 11.5 Å². The number of ether oxygens (including phenoxy) is 2. The molecule has 0 aliphatic rings. The maximum absolute atomic E-state index is 5.88. The van der Waals surface area contributed by atoms with Crippen molar-refractivity contribution in [2.45, 2.75) is 13.0 Å². The van der Waals surface area contributed by atoms with E-state index in [1.165, 1.54) is 6.33 Å². The quantitative estimate of drug-likeness (QED) is 0.826. The lowest BCUT2D eigenvalue weighted by molar-refractivity contribution is 0.354. The molecule has 112 valence electrons. The molecule has 0 aliphatic heterocycles. The second-order valence-electron chi connectivity index (χ2n) is 4.41. The maximum Gasteiger partial charge on any atom is 0.161 e. The first kappa shape index (κ1) is 15.2. The van der Waals surface area contributed by atoms with Gasteiger partial charge in [-0.1, -0.05) is 17.7 Å². The van der Waals surface area contributed by atoms with E-state index < -0.39 is 0 Å². The van der Waals surface area contributed by atoms with Gasteiger partial charge in [-0.3, -0.25) is 0 Å². The molecular formula is C14H17ClN4O2. The van der Waals surface area contributed by atoms with Crippen LogP contribution in [0.15, 0.2) is 24.5 Å². The minimum Gasteiger partial charge on any atom is -0.493 e. The molecular weight excluding hydrogens is 292 g/mol. The van der Waals surface area contributed by atoms with Crippen molar-refractivity contribution >= 4 is 23.1 Å². The van der Waals surface area contributed by atoms with E-state index in [1.807, 2.05) is 25.1 Å². The van der Waals surface area contributed by atoms with Crippen LogP contribution in [-0.4, -0.2) is 24.2 Å². The highest BCUT2D eigenvalue weighted by atomic mass is 35.5. The average Bonchev–Trinajstić information content (AvgIpc) is 2.51. The zero-order valence-electron chi connectivity index (χ0n) is 12.1. The minimum absolute atomic E-state index is 0.0435. The number of methoxy groups -OCH3 is 2. The lowest BCUT2D eigenvalue weighted by atomic mass is 10.1. The van der Waals surface area contributed by atoms with Crippen LogP contribution in [0.4, 0.5) is 11.5 Å². The van der Waals surface area contributed by atoms with Gasteiger partial charge in [0.15, 0.2) is 22.5 Å². The highest BCUT2D eigenvalue weighted by Crippen LogP contribution is 2.32. The third kappa shape index (κ3) is 3.28.